The highest BCUT2D eigenvalue weighted by Crippen LogP contribution is 2.33. The van der Waals surface area contributed by atoms with Crippen molar-refractivity contribution in [2.24, 2.45) is 16.5 Å². The molecule has 3 rings (SSSR count). The predicted molar refractivity (Wildman–Crippen MR) is 96.2 cm³/mol. The summed E-state index contributed by atoms with van der Waals surface area (Å²) in [6.45, 7) is 0.166. The number of guanidine groups is 1. The second kappa shape index (κ2) is 6.75. The number of fused-ring (bicyclic) bond motifs is 1. The lowest BCUT2D eigenvalue weighted by atomic mass is 10.1. The number of hydrogen-bond acceptors (Lipinski definition) is 5. The summed E-state index contributed by atoms with van der Waals surface area (Å²) in [7, 11) is -3.76. The Hall–Kier alpha value is -1.94. The van der Waals surface area contributed by atoms with Gasteiger partial charge in [-0.1, -0.05) is 17.7 Å². The second-order valence-corrected chi connectivity index (χ2v) is 8.07. The molecule has 10 heteroatoms. The summed E-state index contributed by atoms with van der Waals surface area (Å²) < 4.78 is 27.2. The van der Waals surface area contributed by atoms with Gasteiger partial charge in [0.15, 0.2) is 11.8 Å². The molecule has 134 valence electrons. The van der Waals surface area contributed by atoms with E-state index in [2.05, 4.69) is 9.98 Å². The molecule has 2 aromatic rings. The van der Waals surface area contributed by atoms with Crippen molar-refractivity contribution in [3.63, 3.8) is 0 Å². The minimum absolute atomic E-state index is 0.0801. The fraction of sp³-hybridized carbons (Fsp3) is 0.333. The minimum Gasteiger partial charge on any atom is -0.395 e. The second-order valence-electron chi connectivity index (χ2n) is 5.77. The number of halogens is 1. The first-order valence-electron chi connectivity index (χ1n) is 7.65. The first-order chi connectivity index (χ1) is 11.8. The number of nitrogens with zero attached hydrogens (tertiary/aromatic N) is 3. The molecule has 1 aromatic carbocycles. The number of aromatic nitrogens is 1. The summed E-state index contributed by atoms with van der Waals surface area (Å²) in [5, 5.41) is 10.8. The molecule has 1 aliphatic rings. The molecule has 0 spiro atoms. The quantitative estimate of drug-likeness (QED) is 0.531. The molecule has 25 heavy (non-hydrogen) atoms. The molecule has 1 saturated heterocycles. The van der Waals surface area contributed by atoms with E-state index in [1.165, 1.54) is 22.6 Å². The van der Waals surface area contributed by atoms with Crippen LogP contribution in [0.5, 0.6) is 0 Å². The Morgan fingerprint density at radius 3 is 2.84 bits per heavy atom. The summed E-state index contributed by atoms with van der Waals surface area (Å²) in [4.78, 5) is 8.09. The zero-order chi connectivity index (χ0) is 18.2. The molecule has 0 bridgehead atoms. The topological polar surface area (TPSA) is 135 Å². The average molecular weight is 384 g/mol. The lowest BCUT2D eigenvalue weighted by Gasteiger charge is -2.22. The summed E-state index contributed by atoms with van der Waals surface area (Å²) in [6, 6.07) is 4.13. The lowest BCUT2D eigenvalue weighted by Crippen LogP contribution is -2.37. The van der Waals surface area contributed by atoms with Crippen LogP contribution in [-0.4, -0.2) is 48.0 Å². The SMILES string of the molecule is NC(N)=Nc1ncc(Cl)c2ccc(S(=O)(=O)N3CCC[C@@H]3CO)cc12. The van der Waals surface area contributed by atoms with Gasteiger partial charge in [0.2, 0.25) is 10.0 Å². The number of aliphatic imine (C=N–C) groups is 1. The number of aliphatic hydroxyl groups is 1. The van der Waals surface area contributed by atoms with Gasteiger partial charge in [0, 0.05) is 29.6 Å². The Morgan fingerprint density at radius 1 is 1.40 bits per heavy atom. The summed E-state index contributed by atoms with van der Waals surface area (Å²) in [6.07, 6.45) is 2.75. The standard InChI is InChI=1S/C15H18ClN5O3S/c16-13-7-19-14(20-15(17)18)12-6-10(3-4-11(12)13)25(23,24)21-5-1-2-9(21)8-22/h3-4,6-7,9,22H,1-2,5,8H2,(H4,17,18,19,20)/t9-/m1/s1. The van der Waals surface area contributed by atoms with Gasteiger partial charge in [0.1, 0.15) is 0 Å². The van der Waals surface area contributed by atoms with Crippen molar-refractivity contribution >= 4 is 44.2 Å². The number of sulfonamides is 1. The highest BCUT2D eigenvalue weighted by atomic mass is 35.5. The van der Waals surface area contributed by atoms with E-state index >= 15 is 0 Å². The third-order valence-electron chi connectivity index (χ3n) is 4.16. The van der Waals surface area contributed by atoms with Gasteiger partial charge in [-0.05, 0) is 25.0 Å². The highest BCUT2D eigenvalue weighted by molar-refractivity contribution is 7.89. The van der Waals surface area contributed by atoms with Crippen LogP contribution in [0.1, 0.15) is 12.8 Å². The van der Waals surface area contributed by atoms with Crippen LogP contribution < -0.4 is 11.5 Å². The Bertz CT molecular complexity index is 944. The number of hydrogen-bond donors (Lipinski definition) is 3. The monoisotopic (exact) mass is 383 g/mol. The molecule has 0 aliphatic carbocycles. The molecule has 8 nitrogen and oxygen atoms in total. The van der Waals surface area contributed by atoms with Gasteiger partial charge in [-0.15, -0.1) is 0 Å². The van der Waals surface area contributed by atoms with Crippen molar-refractivity contribution < 1.29 is 13.5 Å². The van der Waals surface area contributed by atoms with Crippen molar-refractivity contribution in [2.45, 2.75) is 23.8 Å². The van der Waals surface area contributed by atoms with Gasteiger partial charge in [-0.25, -0.2) is 13.4 Å². The minimum atomic E-state index is -3.76. The zero-order valence-electron chi connectivity index (χ0n) is 13.3. The van der Waals surface area contributed by atoms with Crippen LogP contribution in [0.4, 0.5) is 5.82 Å². The largest absolute Gasteiger partial charge is 0.395 e. The number of rotatable bonds is 4. The van der Waals surface area contributed by atoms with E-state index in [1.807, 2.05) is 0 Å². The average Bonchev–Trinajstić information content (AvgIpc) is 3.06. The third kappa shape index (κ3) is 3.28. The van der Waals surface area contributed by atoms with Gasteiger partial charge in [-0.3, -0.25) is 0 Å². The van der Waals surface area contributed by atoms with Crippen LogP contribution in [-0.2, 0) is 10.0 Å². The summed E-state index contributed by atoms with van der Waals surface area (Å²) in [5.74, 6) is 0.000787. The molecule has 0 saturated carbocycles. The summed E-state index contributed by atoms with van der Waals surface area (Å²) >= 11 is 6.14. The maximum absolute atomic E-state index is 12.9. The molecule has 1 atom stereocenters. The number of nitrogens with two attached hydrogens (primary N) is 2. The van der Waals surface area contributed by atoms with Crippen LogP contribution in [0.2, 0.25) is 5.02 Å². The van der Waals surface area contributed by atoms with Crippen LogP contribution in [0.25, 0.3) is 10.8 Å². The van der Waals surface area contributed by atoms with Crippen molar-refractivity contribution in [2.75, 3.05) is 13.2 Å². The maximum atomic E-state index is 12.9. The lowest BCUT2D eigenvalue weighted by molar-refractivity contribution is 0.213. The molecule has 2 heterocycles. The van der Waals surface area contributed by atoms with Crippen LogP contribution >= 0.6 is 11.6 Å². The van der Waals surface area contributed by atoms with Crippen molar-refractivity contribution in [1.82, 2.24) is 9.29 Å². The van der Waals surface area contributed by atoms with E-state index in [1.54, 1.807) is 6.07 Å². The molecule has 0 radical (unpaired) electrons. The van der Waals surface area contributed by atoms with E-state index in [4.69, 9.17) is 23.1 Å². The Balaban J connectivity index is 2.16. The van der Waals surface area contributed by atoms with Crippen LogP contribution in [0.15, 0.2) is 34.3 Å². The molecule has 1 aromatic heterocycles. The van der Waals surface area contributed by atoms with Gasteiger partial charge in [0.05, 0.1) is 16.5 Å². The molecule has 0 amide bonds. The molecule has 5 N–H and O–H groups in total. The van der Waals surface area contributed by atoms with E-state index < -0.39 is 16.1 Å². The van der Waals surface area contributed by atoms with Crippen molar-refractivity contribution in [3.05, 3.63) is 29.4 Å². The van der Waals surface area contributed by atoms with E-state index in [-0.39, 0.29) is 23.3 Å². The normalized spacial score (nSPS) is 18.6. The van der Waals surface area contributed by atoms with Gasteiger partial charge in [-0.2, -0.15) is 9.30 Å². The van der Waals surface area contributed by atoms with Gasteiger partial charge in [0.25, 0.3) is 0 Å². The van der Waals surface area contributed by atoms with E-state index in [0.717, 1.165) is 0 Å². The van der Waals surface area contributed by atoms with Crippen molar-refractivity contribution in [3.8, 4) is 0 Å². The van der Waals surface area contributed by atoms with Gasteiger partial charge < -0.3 is 16.6 Å². The van der Waals surface area contributed by atoms with E-state index in [9.17, 15) is 13.5 Å². The van der Waals surface area contributed by atoms with Gasteiger partial charge >= 0.3 is 0 Å². The fourth-order valence-corrected chi connectivity index (χ4v) is 4.91. The maximum Gasteiger partial charge on any atom is 0.243 e. The van der Waals surface area contributed by atoms with Crippen LogP contribution in [0, 0.1) is 0 Å². The van der Waals surface area contributed by atoms with Crippen LogP contribution in [0.3, 0.4) is 0 Å². The Labute approximate surface area is 150 Å². The Kier molecular flexibility index (Phi) is 4.83. The number of aliphatic hydroxyl groups excluding tert-OH is 1. The zero-order valence-corrected chi connectivity index (χ0v) is 14.8. The third-order valence-corrected chi connectivity index (χ3v) is 6.41. The molecule has 0 unspecified atom stereocenters. The Morgan fingerprint density at radius 2 is 2.16 bits per heavy atom. The van der Waals surface area contributed by atoms with Crippen molar-refractivity contribution in [1.29, 1.82) is 0 Å². The summed E-state index contributed by atoms with van der Waals surface area (Å²) in [5.41, 5.74) is 10.8. The molecule has 1 fully saturated rings. The fourth-order valence-electron chi connectivity index (χ4n) is 2.99. The number of pyridine rings is 1. The number of benzene rings is 1. The van der Waals surface area contributed by atoms with E-state index in [0.29, 0.717) is 35.2 Å². The molecular weight excluding hydrogens is 366 g/mol. The first-order valence-corrected chi connectivity index (χ1v) is 9.47. The predicted octanol–water partition coefficient (Wildman–Crippen LogP) is 0.938. The first kappa shape index (κ1) is 17.9. The molecule has 1 aliphatic heterocycles. The smallest absolute Gasteiger partial charge is 0.243 e. The molecular formula is C15H18ClN5O3S. The highest BCUT2D eigenvalue weighted by Gasteiger charge is 2.35.